The molecule has 3 rings (SSSR count). The zero-order valence-electron chi connectivity index (χ0n) is 12.8. The smallest absolute Gasteiger partial charge is 0.216 e. The molecule has 0 amide bonds. The summed E-state index contributed by atoms with van der Waals surface area (Å²) in [5.74, 6) is 0.276. The first-order valence-corrected chi connectivity index (χ1v) is 7.83. The van der Waals surface area contributed by atoms with Crippen molar-refractivity contribution in [3.63, 3.8) is 0 Å². The molecule has 1 fully saturated rings. The first kappa shape index (κ1) is 15.0. The van der Waals surface area contributed by atoms with E-state index in [1.807, 2.05) is 24.3 Å². The number of nitrogens with zero attached hydrogens (tertiary/aromatic N) is 4. The van der Waals surface area contributed by atoms with E-state index < -0.39 is 0 Å². The van der Waals surface area contributed by atoms with E-state index in [1.165, 1.54) is 32.1 Å². The fourth-order valence-electron chi connectivity index (χ4n) is 2.77. The zero-order chi connectivity index (χ0) is 15.9. The molecule has 1 aromatic heterocycles. The first-order chi connectivity index (χ1) is 11.4. The molecule has 1 saturated carbocycles. The van der Waals surface area contributed by atoms with Crippen molar-refractivity contribution in [2.24, 2.45) is 0 Å². The molecule has 0 radical (unpaired) electrons. The van der Waals surface area contributed by atoms with Crippen LogP contribution >= 0.6 is 0 Å². The molecule has 7 heteroatoms. The van der Waals surface area contributed by atoms with E-state index in [9.17, 15) is 5.26 Å². The Hall–Kier alpha value is -2.88. The van der Waals surface area contributed by atoms with Crippen LogP contribution in [0.1, 0.15) is 37.9 Å². The molecule has 0 atom stereocenters. The summed E-state index contributed by atoms with van der Waals surface area (Å²) in [4.78, 5) is 0. The van der Waals surface area contributed by atoms with Crippen LogP contribution in [0, 0.1) is 11.3 Å². The summed E-state index contributed by atoms with van der Waals surface area (Å²) in [5.41, 5.74) is 2.29. The van der Waals surface area contributed by atoms with Gasteiger partial charge in [-0.2, -0.15) is 10.5 Å². The van der Waals surface area contributed by atoms with Gasteiger partial charge in [-0.15, -0.1) is 10.2 Å². The summed E-state index contributed by atoms with van der Waals surface area (Å²) in [6, 6.07) is 10.6. The number of hydrogen-bond donors (Lipinski definition) is 3. The minimum absolute atomic E-state index is 0.276. The van der Waals surface area contributed by atoms with Gasteiger partial charge in [-0.05, 0) is 30.2 Å². The molecular formula is C16H19N7. The van der Waals surface area contributed by atoms with E-state index >= 15 is 0 Å². The van der Waals surface area contributed by atoms with Crippen LogP contribution in [0.2, 0.25) is 0 Å². The maximum atomic E-state index is 9.21. The van der Waals surface area contributed by atoms with Crippen molar-refractivity contribution >= 4 is 16.9 Å². The average molecular weight is 309 g/mol. The molecule has 0 unspecified atom stereocenters. The fourth-order valence-corrected chi connectivity index (χ4v) is 2.77. The summed E-state index contributed by atoms with van der Waals surface area (Å²) in [6.45, 7) is 0. The standard InChI is InChI=1S/C16H19N7/c17-10-12(16-20-22-23-21-16)11-18-14-8-4-5-9-15(14)19-13-6-2-1-3-7-13/h4-5,8-9,11,13,18-19H,1-3,6-7H2,(H,20,21,22,23). The number of allylic oxidation sites excluding steroid dienone is 1. The highest BCUT2D eigenvalue weighted by molar-refractivity contribution is 5.77. The SMILES string of the molecule is N#CC(=CNc1ccccc1NC1CCCCC1)c1nn[nH]n1. The number of hydrogen-bond acceptors (Lipinski definition) is 6. The zero-order valence-corrected chi connectivity index (χ0v) is 12.8. The van der Waals surface area contributed by atoms with Crippen LogP contribution in [0.25, 0.3) is 5.57 Å². The van der Waals surface area contributed by atoms with Crippen LogP contribution in [-0.4, -0.2) is 26.7 Å². The summed E-state index contributed by atoms with van der Waals surface area (Å²) in [6.07, 6.45) is 7.91. The summed E-state index contributed by atoms with van der Waals surface area (Å²) in [5, 5.41) is 29.4. The lowest BCUT2D eigenvalue weighted by Gasteiger charge is -2.25. The normalized spacial score (nSPS) is 15.9. The van der Waals surface area contributed by atoms with Crippen molar-refractivity contribution in [2.75, 3.05) is 10.6 Å². The Morgan fingerprint density at radius 2 is 2.00 bits per heavy atom. The highest BCUT2D eigenvalue weighted by Crippen LogP contribution is 2.27. The number of nitriles is 1. The molecule has 2 aromatic rings. The lowest BCUT2D eigenvalue weighted by molar-refractivity contribution is 0.463. The van der Waals surface area contributed by atoms with E-state index in [2.05, 4.69) is 37.3 Å². The second-order valence-corrected chi connectivity index (χ2v) is 5.57. The van der Waals surface area contributed by atoms with Crippen molar-refractivity contribution in [3.05, 3.63) is 36.3 Å². The number of aromatic amines is 1. The lowest BCUT2D eigenvalue weighted by atomic mass is 9.95. The van der Waals surface area contributed by atoms with Crippen LogP contribution in [-0.2, 0) is 0 Å². The van der Waals surface area contributed by atoms with Gasteiger partial charge in [0.05, 0.1) is 11.4 Å². The molecule has 1 aliphatic rings. The molecule has 1 aliphatic carbocycles. The summed E-state index contributed by atoms with van der Waals surface area (Å²) >= 11 is 0. The van der Waals surface area contributed by atoms with E-state index in [1.54, 1.807) is 6.20 Å². The van der Waals surface area contributed by atoms with Gasteiger partial charge < -0.3 is 10.6 Å². The fraction of sp³-hybridized carbons (Fsp3) is 0.375. The Labute approximate surface area is 134 Å². The van der Waals surface area contributed by atoms with E-state index in [-0.39, 0.29) is 5.82 Å². The third-order valence-electron chi connectivity index (χ3n) is 3.97. The summed E-state index contributed by atoms with van der Waals surface area (Å²) < 4.78 is 0. The molecule has 0 aliphatic heterocycles. The molecular weight excluding hydrogens is 290 g/mol. The van der Waals surface area contributed by atoms with Gasteiger partial charge in [0, 0.05) is 12.2 Å². The van der Waals surface area contributed by atoms with Crippen LogP contribution in [0.3, 0.4) is 0 Å². The van der Waals surface area contributed by atoms with Crippen molar-refractivity contribution in [2.45, 2.75) is 38.1 Å². The number of nitrogens with one attached hydrogen (secondary N) is 3. The number of aromatic nitrogens is 4. The Kier molecular flexibility index (Phi) is 4.84. The number of rotatable bonds is 5. The van der Waals surface area contributed by atoms with Gasteiger partial charge >= 0.3 is 0 Å². The average Bonchev–Trinajstić information content (AvgIpc) is 3.12. The highest BCUT2D eigenvalue weighted by Gasteiger charge is 2.14. The summed E-state index contributed by atoms with van der Waals surface area (Å²) in [7, 11) is 0. The minimum atomic E-state index is 0.276. The quantitative estimate of drug-likeness (QED) is 0.734. The largest absolute Gasteiger partial charge is 0.381 e. The van der Waals surface area contributed by atoms with Gasteiger partial charge in [0.2, 0.25) is 5.82 Å². The van der Waals surface area contributed by atoms with Crippen molar-refractivity contribution in [1.82, 2.24) is 20.6 Å². The minimum Gasteiger partial charge on any atom is -0.381 e. The van der Waals surface area contributed by atoms with E-state index in [0.29, 0.717) is 11.6 Å². The van der Waals surface area contributed by atoms with E-state index in [0.717, 1.165) is 11.4 Å². The molecule has 118 valence electrons. The molecule has 3 N–H and O–H groups in total. The Bertz CT molecular complexity index is 693. The van der Waals surface area contributed by atoms with Gasteiger partial charge in [-0.3, -0.25) is 0 Å². The second kappa shape index (κ2) is 7.40. The molecule has 1 aromatic carbocycles. The van der Waals surface area contributed by atoms with E-state index in [4.69, 9.17) is 0 Å². The molecule has 0 spiro atoms. The topological polar surface area (TPSA) is 102 Å². The predicted molar refractivity (Wildman–Crippen MR) is 88.3 cm³/mol. The molecule has 0 bridgehead atoms. The molecule has 0 saturated heterocycles. The monoisotopic (exact) mass is 309 g/mol. The Balaban J connectivity index is 1.74. The van der Waals surface area contributed by atoms with Crippen LogP contribution in [0.4, 0.5) is 11.4 Å². The number of benzene rings is 1. The molecule has 23 heavy (non-hydrogen) atoms. The van der Waals surface area contributed by atoms with Crippen molar-refractivity contribution < 1.29 is 0 Å². The second-order valence-electron chi connectivity index (χ2n) is 5.57. The Morgan fingerprint density at radius 1 is 1.22 bits per heavy atom. The van der Waals surface area contributed by atoms with Crippen LogP contribution in [0.15, 0.2) is 30.5 Å². The third-order valence-corrected chi connectivity index (χ3v) is 3.97. The van der Waals surface area contributed by atoms with Crippen LogP contribution in [0.5, 0.6) is 0 Å². The number of para-hydroxylation sites is 2. The van der Waals surface area contributed by atoms with Gasteiger partial charge in [0.15, 0.2) is 0 Å². The maximum absolute atomic E-state index is 9.21. The van der Waals surface area contributed by atoms with Gasteiger partial charge in [0.1, 0.15) is 11.6 Å². The molecule has 1 heterocycles. The van der Waals surface area contributed by atoms with Crippen molar-refractivity contribution in [3.8, 4) is 6.07 Å². The van der Waals surface area contributed by atoms with Crippen LogP contribution < -0.4 is 10.6 Å². The predicted octanol–water partition coefficient (Wildman–Crippen LogP) is 2.92. The third kappa shape index (κ3) is 3.86. The van der Waals surface area contributed by atoms with Crippen molar-refractivity contribution in [1.29, 1.82) is 5.26 Å². The van der Waals surface area contributed by atoms with Gasteiger partial charge in [-0.1, -0.05) is 31.4 Å². The number of tetrazole rings is 1. The maximum Gasteiger partial charge on any atom is 0.216 e. The van der Waals surface area contributed by atoms with Gasteiger partial charge in [-0.25, -0.2) is 0 Å². The molecule has 7 nitrogen and oxygen atoms in total. The number of anilines is 2. The lowest BCUT2D eigenvalue weighted by Crippen LogP contribution is -2.22. The number of H-pyrrole nitrogens is 1. The van der Waals surface area contributed by atoms with Gasteiger partial charge in [0.25, 0.3) is 0 Å². The Morgan fingerprint density at radius 3 is 2.70 bits per heavy atom. The highest BCUT2D eigenvalue weighted by atomic mass is 15.5. The first-order valence-electron chi connectivity index (χ1n) is 7.83.